The second kappa shape index (κ2) is 8.05. The largest absolute Gasteiger partial charge is 0.493 e. The summed E-state index contributed by atoms with van der Waals surface area (Å²) in [6.07, 6.45) is 2.86. The van der Waals surface area contributed by atoms with Crippen LogP contribution in [-0.2, 0) is 4.79 Å². The molecule has 1 amide bonds. The minimum Gasteiger partial charge on any atom is -0.493 e. The number of carbonyl (C=O) groups excluding carboxylic acids is 1. The maximum absolute atomic E-state index is 13.0. The molecule has 3 N–H and O–H groups in total. The number of hydrogen-bond acceptors (Lipinski definition) is 3. The summed E-state index contributed by atoms with van der Waals surface area (Å²) in [4.78, 5) is 10.8. The van der Waals surface area contributed by atoms with Crippen molar-refractivity contribution in [1.29, 1.82) is 0 Å². The number of nitrogens with one attached hydrogen (secondary N) is 1. The predicted octanol–water partition coefficient (Wildman–Crippen LogP) is 2.52. The minimum absolute atomic E-state index is 0.162. The zero-order valence-electron chi connectivity index (χ0n) is 9.92. The highest BCUT2D eigenvalue weighted by Crippen LogP contribution is 2.20. The summed E-state index contributed by atoms with van der Waals surface area (Å²) < 4.78 is 19.1. The Kier molecular flexibility index (Phi) is 6.67. The van der Waals surface area contributed by atoms with Crippen LogP contribution in [-0.4, -0.2) is 12.5 Å². The molecular weight excluding hydrogens is 303 g/mol. The first-order chi connectivity index (χ1) is 8.61. The number of nitrogens with two attached hydrogens (primary N) is 1. The van der Waals surface area contributed by atoms with E-state index in [-0.39, 0.29) is 11.7 Å². The lowest BCUT2D eigenvalue weighted by molar-refractivity contribution is -0.121. The van der Waals surface area contributed by atoms with Gasteiger partial charge < -0.3 is 4.74 Å². The molecule has 0 bridgehead atoms. The van der Waals surface area contributed by atoms with E-state index in [1.54, 1.807) is 6.07 Å². The lowest BCUT2D eigenvalue weighted by Gasteiger charge is -2.06. The molecule has 4 nitrogen and oxygen atoms in total. The van der Waals surface area contributed by atoms with Crippen molar-refractivity contribution in [2.45, 2.75) is 25.7 Å². The Morgan fingerprint density at radius 1 is 1.33 bits per heavy atom. The monoisotopic (exact) mass is 318 g/mol. The Hall–Kier alpha value is -1.14. The van der Waals surface area contributed by atoms with Crippen LogP contribution in [0.25, 0.3) is 0 Å². The molecule has 0 aliphatic heterocycles. The van der Waals surface area contributed by atoms with Crippen molar-refractivity contribution in [3.05, 3.63) is 28.5 Å². The number of halogens is 2. The van der Waals surface area contributed by atoms with Crippen molar-refractivity contribution in [1.82, 2.24) is 5.43 Å². The quantitative estimate of drug-likeness (QED) is 0.351. The van der Waals surface area contributed by atoms with Gasteiger partial charge in [0.15, 0.2) is 0 Å². The van der Waals surface area contributed by atoms with Crippen molar-refractivity contribution < 1.29 is 13.9 Å². The van der Waals surface area contributed by atoms with Gasteiger partial charge in [0.2, 0.25) is 5.91 Å². The van der Waals surface area contributed by atoms with Crippen LogP contribution in [0.5, 0.6) is 5.75 Å². The molecule has 0 atom stereocenters. The number of ether oxygens (including phenoxy) is 1. The lowest BCUT2D eigenvalue weighted by Crippen LogP contribution is -2.29. The van der Waals surface area contributed by atoms with Gasteiger partial charge in [-0.15, -0.1) is 0 Å². The van der Waals surface area contributed by atoms with Crippen LogP contribution in [0.3, 0.4) is 0 Å². The van der Waals surface area contributed by atoms with Crippen LogP contribution in [0.2, 0.25) is 0 Å². The molecule has 0 heterocycles. The molecular formula is C12H16BrFN2O2. The summed E-state index contributed by atoms with van der Waals surface area (Å²) >= 11 is 3.19. The number of hydrazine groups is 1. The third-order valence-corrected chi connectivity index (χ3v) is 2.77. The molecule has 0 fully saturated rings. The first-order valence-electron chi connectivity index (χ1n) is 5.70. The molecule has 0 saturated carbocycles. The average Bonchev–Trinajstić information content (AvgIpc) is 2.32. The summed E-state index contributed by atoms with van der Waals surface area (Å²) in [6.45, 7) is 0.500. The molecule has 1 aromatic rings. The number of unbranched alkanes of at least 4 members (excludes halogenated alkanes) is 2. The second-order valence-corrected chi connectivity index (χ2v) is 4.75. The van der Waals surface area contributed by atoms with E-state index in [2.05, 4.69) is 21.4 Å². The molecule has 0 spiro atoms. The first-order valence-corrected chi connectivity index (χ1v) is 6.49. The van der Waals surface area contributed by atoms with E-state index in [9.17, 15) is 9.18 Å². The SMILES string of the molecule is NNC(=O)CCCCCOc1cc(F)cc(Br)c1. The third kappa shape index (κ3) is 5.97. The van der Waals surface area contributed by atoms with E-state index in [1.807, 2.05) is 0 Å². The van der Waals surface area contributed by atoms with Gasteiger partial charge in [0.1, 0.15) is 11.6 Å². The highest BCUT2D eigenvalue weighted by Gasteiger charge is 2.01. The molecule has 6 heteroatoms. The number of hydrogen-bond donors (Lipinski definition) is 2. The summed E-state index contributed by atoms with van der Waals surface area (Å²) in [5, 5.41) is 0. The fourth-order valence-electron chi connectivity index (χ4n) is 1.44. The van der Waals surface area contributed by atoms with Crippen LogP contribution in [0.1, 0.15) is 25.7 Å². The Balaban J connectivity index is 2.16. The fraction of sp³-hybridized carbons (Fsp3) is 0.417. The van der Waals surface area contributed by atoms with E-state index in [0.29, 0.717) is 23.2 Å². The molecule has 18 heavy (non-hydrogen) atoms. The Morgan fingerprint density at radius 2 is 2.11 bits per heavy atom. The van der Waals surface area contributed by atoms with Crippen LogP contribution in [0.15, 0.2) is 22.7 Å². The van der Waals surface area contributed by atoms with Crippen molar-refractivity contribution in [2.75, 3.05) is 6.61 Å². The number of rotatable bonds is 7. The van der Waals surface area contributed by atoms with Crippen molar-refractivity contribution >= 4 is 21.8 Å². The molecule has 0 unspecified atom stereocenters. The molecule has 0 saturated heterocycles. The third-order valence-electron chi connectivity index (χ3n) is 2.31. The molecule has 0 aliphatic carbocycles. The smallest absolute Gasteiger partial charge is 0.233 e. The van der Waals surface area contributed by atoms with Gasteiger partial charge in [0, 0.05) is 17.0 Å². The maximum atomic E-state index is 13.0. The van der Waals surface area contributed by atoms with Crippen LogP contribution in [0.4, 0.5) is 4.39 Å². The fourth-order valence-corrected chi connectivity index (χ4v) is 1.88. The maximum Gasteiger partial charge on any atom is 0.233 e. The Morgan fingerprint density at radius 3 is 2.78 bits per heavy atom. The van der Waals surface area contributed by atoms with Gasteiger partial charge in [-0.3, -0.25) is 10.2 Å². The zero-order valence-corrected chi connectivity index (χ0v) is 11.5. The molecule has 1 rings (SSSR count). The lowest BCUT2D eigenvalue weighted by atomic mass is 10.2. The summed E-state index contributed by atoms with van der Waals surface area (Å²) in [7, 11) is 0. The van der Waals surface area contributed by atoms with E-state index in [0.717, 1.165) is 19.3 Å². The highest BCUT2D eigenvalue weighted by molar-refractivity contribution is 9.10. The Bertz CT molecular complexity index is 381. The van der Waals surface area contributed by atoms with Gasteiger partial charge in [-0.25, -0.2) is 10.2 Å². The van der Waals surface area contributed by atoms with Gasteiger partial charge in [-0.05, 0) is 31.4 Å². The van der Waals surface area contributed by atoms with Gasteiger partial charge in [-0.2, -0.15) is 0 Å². The van der Waals surface area contributed by atoms with Gasteiger partial charge >= 0.3 is 0 Å². The first kappa shape index (κ1) is 14.9. The van der Waals surface area contributed by atoms with Crippen molar-refractivity contribution in [3.63, 3.8) is 0 Å². The van der Waals surface area contributed by atoms with Gasteiger partial charge in [0.05, 0.1) is 6.61 Å². The van der Waals surface area contributed by atoms with Crippen LogP contribution >= 0.6 is 15.9 Å². The van der Waals surface area contributed by atoms with Crippen molar-refractivity contribution in [3.8, 4) is 5.75 Å². The minimum atomic E-state index is -0.334. The normalized spacial score (nSPS) is 10.2. The average molecular weight is 319 g/mol. The van der Waals surface area contributed by atoms with Crippen LogP contribution in [0, 0.1) is 5.82 Å². The molecule has 0 aliphatic rings. The van der Waals surface area contributed by atoms with Gasteiger partial charge in [-0.1, -0.05) is 15.9 Å². The molecule has 0 radical (unpaired) electrons. The predicted molar refractivity (Wildman–Crippen MR) is 70.4 cm³/mol. The van der Waals surface area contributed by atoms with E-state index < -0.39 is 0 Å². The Labute approximate surface area is 114 Å². The number of carbonyl (C=O) groups is 1. The second-order valence-electron chi connectivity index (χ2n) is 3.83. The summed E-state index contributed by atoms with van der Waals surface area (Å²) in [6, 6.07) is 4.43. The topological polar surface area (TPSA) is 64.3 Å². The highest BCUT2D eigenvalue weighted by atomic mass is 79.9. The molecule has 1 aromatic carbocycles. The molecule has 0 aromatic heterocycles. The molecule has 100 valence electrons. The van der Waals surface area contributed by atoms with E-state index >= 15 is 0 Å². The van der Waals surface area contributed by atoms with Crippen molar-refractivity contribution in [2.24, 2.45) is 5.84 Å². The number of benzene rings is 1. The van der Waals surface area contributed by atoms with E-state index in [4.69, 9.17) is 10.6 Å². The van der Waals surface area contributed by atoms with E-state index in [1.165, 1.54) is 12.1 Å². The summed E-state index contributed by atoms with van der Waals surface area (Å²) in [5.41, 5.74) is 2.08. The van der Waals surface area contributed by atoms with Crippen LogP contribution < -0.4 is 16.0 Å². The standard InChI is InChI=1S/C12H16BrFN2O2/c13-9-6-10(14)8-11(7-9)18-5-3-1-2-4-12(17)16-15/h6-8H,1-5,15H2,(H,16,17). The zero-order chi connectivity index (χ0) is 13.4. The summed E-state index contributed by atoms with van der Waals surface area (Å²) in [5.74, 6) is 4.96. The van der Waals surface area contributed by atoms with Gasteiger partial charge in [0.25, 0.3) is 0 Å². The number of amides is 1.